The fourth-order valence-corrected chi connectivity index (χ4v) is 5.67. The minimum absolute atomic E-state index is 0.0613. The van der Waals surface area contributed by atoms with Crippen LogP contribution < -0.4 is 0 Å². The molecule has 7 nitrogen and oxygen atoms in total. The van der Waals surface area contributed by atoms with Gasteiger partial charge in [-0.2, -0.15) is 9.40 Å². The molecule has 0 amide bonds. The summed E-state index contributed by atoms with van der Waals surface area (Å²) in [6.45, 7) is 4.03. The van der Waals surface area contributed by atoms with Gasteiger partial charge in [-0.3, -0.25) is 4.68 Å². The largest absolute Gasteiger partial charge is 0.476 e. The van der Waals surface area contributed by atoms with E-state index in [0.29, 0.717) is 16.4 Å². The molecule has 0 saturated carbocycles. The number of nitrogens with zero attached hydrogens (tertiary/aromatic N) is 3. The molecule has 0 radical (unpaired) electrons. The SMILES string of the molecule is Cc1ccsc1S(=O)(=O)N1Cc2cc(C(=O)O)nn2CC1C. The first-order valence-corrected chi connectivity index (χ1v) is 8.98. The number of rotatable bonds is 3. The van der Waals surface area contributed by atoms with Gasteiger partial charge in [0, 0.05) is 6.04 Å². The van der Waals surface area contributed by atoms with Crippen LogP contribution in [0.2, 0.25) is 0 Å². The molecule has 1 aliphatic rings. The van der Waals surface area contributed by atoms with Gasteiger partial charge in [-0.15, -0.1) is 11.3 Å². The predicted molar refractivity (Wildman–Crippen MR) is 80.4 cm³/mol. The van der Waals surface area contributed by atoms with Crippen LogP contribution in [0.25, 0.3) is 0 Å². The number of fused-ring (bicyclic) bond motifs is 1. The molecule has 3 rings (SSSR count). The molecule has 22 heavy (non-hydrogen) atoms. The zero-order chi connectivity index (χ0) is 16.1. The molecule has 2 aromatic heterocycles. The van der Waals surface area contributed by atoms with Gasteiger partial charge < -0.3 is 5.11 Å². The van der Waals surface area contributed by atoms with Crippen molar-refractivity contribution in [3.05, 3.63) is 34.5 Å². The van der Waals surface area contributed by atoms with Gasteiger partial charge in [0.15, 0.2) is 5.69 Å². The summed E-state index contributed by atoms with van der Waals surface area (Å²) in [4.78, 5) is 11.0. The van der Waals surface area contributed by atoms with Crippen molar-refractivity contribution < 1.29 is 18.3 Å². The van der Waals surface area contributed by atoms with Crippen LogP contribution >= 0.6 is 11.3 Å². The van der Waals surface area contributed by atoms with Crippen molar-refractivity contribution in [1.29, 1.82) is 0 Å². The number of thiophene rings is 1. The number of hydrogen-bond donors (Lipinski definition) is 1. The summed E-state index contributed by atoms with van der Waals surface area (Å²) in [5, 5.41) is 14.8. The first-order chi connectivity index (χ1) is 10.3. The Labute approximate surface area is 131 Å². The highest BCUT2D eigenvalue weighted by Gasteiger charge is 2.36. The number of carboxylic acids is 1. The molecule has 0 bridgehead atoms. The molecule has 1 atom stereocenters. The predicted octanol–water partition coefficient (Wildman–Crippen LogP) is 1.54. The van der Waals surface area contributed by atoms with E-state index in [9.17, 15) is 13.2 Å². The van der Waals surface area contributed by atoms with Crippen LogP contribution in [0.3, 0.4) is 0 Å². The second-order valence-electron chi connectivity index (χ2n) is 5.30. The lowest BCUT2D eigenvalue weighted by Crippen LogP contribution is -2.44. The summed E-state index contributed by atoms with van der Waals surface area (Å²) < 4.78 is 29.0. The molecule has 1 N–H and O–H groups in total. The molecule has 118 valence electrons. The molecule has 0 fully saturated rings. The van der Waals surface area contributed by atoms with Gasteiger partial charge in [-0.1, -0.05) is 0 Å². The van der Waals surface area contributed by atoms with Crippen LogP contribution in [-0.4, -0.2) is 39.6 Å². The summed E-state index contributed by atoms with van der Waals surface area (Å²) in [5.74, 6) is -1.11. The summed E-state index contributed by atoms with van der Waals surface area (Å²) >= 11 is 1.20. The van der Waals surface area contributed by atoms with Crippen LogP contribution in [-0.2, 0) is 23.1 Å². The average Bonchev–Trinajstić information content (AvgIpc) is 3.03. The zero-order valence-electron chi connectivity index (χ0n) is 12.1. The van der Waals surface area contributed by atoms with E-state index in [1.54, 1.807) is 30.0 Å². The van der Waals surface area contributed by atoms with E-state index in [4.69, 9.17) is 5.11 Å². The van der Waals surface area contributed by atoms with Gasteiger partial charge in [0.05, 0.1) is 18.8 Å². The molecule has 3 heterocycles. The number of sulfonamides is 1. The maximum absolute atomic E-state index is 12.8. The van der Waals surface area contributed by atoms with E-state index in [1.807, 2.05) is 0 Å². The lowest BCUT2D eigenvalue weighted by atomic mass is 10.2. The zero-order valence-corrected chi connectivity index (χ0v) is 13.7. The van der Waals surface area contributed by atoms with Crippen molar-refractivity contribution in [1.82, 2.24) is 14.1 Å². The van der Waals surface area contributed by atoms with Crippen LogP contribution in [0.4, 0.5) is 0 Å². The lowest BCUT2D eigenvalue weighted by molar-refractivity contribution is 0.0689. The summed E-state index contributed by atoms with van der Waals surface area (Å²) in [7, 11) is -3.59. The topological polar surface area (TPSA) is 92.5 Å². The number of aryl methyl sites for hydroxylation is 1. The molecule has 2 aromatic rings. The molecule has 0 aromatic carbocycles. The fraction of sp³-hybridized carbons (Fsp3) is 0.385. The number of carbonyl (C=O) groups is 1. The minimum Gasteiger partial charge on any atom is -0.476 e. The van der Waals surface area contributed by atoms with E-state index in [2.05, 4.69) is 5.10 Å². The summed E-state index contributed by atoms with van der Waals surface area (Å²) in [6, 6.07) is 2.91. The monoisotopic (exact) mass is 341 g/mol. The molecule has 1 aliphatic heterocycles. The molecule has 0 aliphatic carbocycles. The maximum Gasteiger partial charge on any atom is 0.356 e. The molecule has 0 spiro atoms. The standard InChI is InChI=1S/C13H15N3O4S2/c1-8-3-4-21-13(8)22(19,20)16-7-10-5-11(12(17)18)14-15(10)6-9(16)2/h3-5,9H,6-7H2,1-2H3,(H,17,18). The van der Waals surface area contributed by atoms with Crippen molar-refractivity contribution in [2.45, 2.75) is 37.2 Å². The normalized spacial score (nSPS) is 19.1. The molecule has 9 heteroatoms. The second kappa shape index (κ2) is 5.18. The van der Waals surface area contributed by atoms with Gasteiger partial charge in [-0.05, 0) is 36.9 Å². The number of hydrogen-bond acceptors (Lipinski definition) is 5. The van der Waals surface area contributed by atoms with Gasteiger partial charge >= 0.3 is 5.97 Å². The molecular formula is C13H15N3O4S2. The van der Waals surface area contributed by atoms with E-state index in [0.717, 1.165) is 5.56 Å². The smallest absolute Gasteiger partial charge is 0.356 e. The second-order valence-corrected chi connectivity index (χ2v) is 8.30. The summed E-state index contributed by atoms with van der Waals surface area (Å²) in [5.41, 5.74) is 1.25. The lowest BCUT2D eigenvalue weighted by Gasteiger charge is -2.32. The van der Waals surface area contributed by atoms with Crippen LogP contribution in [0.15, 0.2) is 21.7 Å². The Morgan fingerprint density at radius 3 is 2.82 bits per heavy atom. The van der Waals surface area contributed by atoms with Gasteiger partial charge in [-0.25, -0.2) is 13.2 Å². The first-order valence-electron chi connectivity index (χ1n) is 6.66. The quantitative estimate of drug-likeness (QED) is 0.914. The molecular weight excluding hydrogens is 326 g/mol. The van der Waals surface area contributed by atoms with E-state index in [1.165, 1.54) is 21.7 Å². The van der Waals surface area contributed by atoms with Crippen LogP contribution in [0, 0.1) is 6.92 Å². The summed E-state index contributed by atoms with van der Waals surface area (Å²) in [6.07, 6.45) is 0. The van der Waals surface area contributed by atoms with Crippen molar-refractivity contribution in [2.75, 3.05) is 0 Å². The third-order valence-corrected chi connectivity index (χ3v) is 7.31. The van der Waals surface area contributed by atoms with E-state index >= 15 is 0 Å². The van der Waals surface area contributed by atoms with Crippen molar-refractivity contribution in [3.63, 3.8) is 0 Å². The third kappa shape index (κ3) is 2.34. The number of carboxylic acid groups (broad SMARTS) is 1. The van der Waals surface area contributed by atoms with Crippen LogP contribution in [0.1, 0.15) is 28.7 Å². The Balaban J connectivity index is 1.99. The number of aromatic nitrogens is 2. The maximum atomic E-state index is 12.8. The van der Waals surface area contributed by atoms with Crippen molar-refractivity contribution in [2.24, 2.45) is 0 Å². The van der Waals surface area contributed by atoms with E-state index < -0.39 is 16.0 Å². The molecule has 1 unspecified atom stereocenters. The van der Waals surface area contributed by atoms with Crippen molar-refractivity contribution >= 4 is 27.3 Å². The molecule has 0 saturated heterocycles. The fourth-order valence-electron chi connectivity index (χ4n) is 2.55. The number of aromatic carboxylic acids is 1. The Morgan fingerprint density at radius 1 is 1.50 bits per heavy atom. The Bertz CT molecular complexity index is 837. The van der Waals surface area contributed by atoms with Gasteiger partial charge in [0.25, 0.3) is 10.0 Å². The minimum atomic E-state index is -3.59. The highest BCUT2D eigenvalue weighted by Crippen LogP contribution is 2.30. The van der Waals surface area contributed by atoms with E-state index in [-0.39, 0.29) is 18.3 Å². The average molecular weight is 341 g/mol. The van der Waals surface area contributed by atoms with Gasteiger partial charge in [0.1, 0.15) is 4.21 Å². The Hall–Kier alpha value is -1.71. The van der Waals surface area contributed by atoms with Crippen LogP contribution in [0.5, 0.6) is 0 Å². The third-order valence-electron chi connectivity index (χ3n) is 3.69. The van der Waals surface area contributed by atoms with Gasteiger partial charge in [0.2, 0.25) is 0 Å². The highest BCUT2D eigenvalue weighted by molar-refractivity contribution is 7.91. The Kier molecular flexibility index (Phi) is 3.58. The first kappa shape index (κ1) is 15.2. The Morgan fingerprint density at radius 2 is 2.23 bits per heavy atom. The highest BCUT2D eigenvalue weighted by atomic mass is 32.2. The van der Waals surface area contributed by atoms with Crippen molar-refractivity contribution in [3.8, 4) is 0 Å².